The average molecular weight is 267 g/mol. The second-order valence-corrected chi connectivity index (χ2v) is 5.09. The number of hydrogen-bond acceptors (Lipinski definition) is 5. The number of carboxylic acid groups (broad SMARTS) is 1. The van der Waals surface area contributed by atoms with E-state index in [-0.39, 0.29) is 19.5 Å². The molecule has 0 aromatic carbocycles. The quantitative estimate of drug-likeness (QED) is 0.332. The Morgan fingerprint density at radius 3 is 2.18 bits per heavy atom. The van der Waals surface area contributed by atoms with Crippen LogP contribution in [0.5, 0.6) is 0 Å². The summed E-state index contributed by atoms with van der Waals surface area (Å²) < 4.78 is 22.0. The number of hydrogen-bond donors (Lipinski definition) is 3. The first-order chi connectivity index (χ1) is 7.84. The number of nitrogens with one attached hydrogen (secondary N) is 1. The summed E-state index contributed by atoms with van der Waals surface area (Å²) >= 11 is 0. The molecule has 0 amide bonds. The summed E-state index contributed by atoms with van der Waals surface area (Å²) in [6, 6.07) is 0. The maximum atomic E-state index is 12.1. The van der Waals surface area contributed by atoms with E-state index in [9.17, 15) is 9.36 Å². The van der Waals surface area contributed by atoms with Gasteiger partial charge in [-0.25, -0.2) is 0 Å². The van der Waals surface area contributed by atoms with Crippen molar-refractivity contribution in [2.24, 2.45) is 5.73 Å². The Hall–Kier alpha value is -1.11. The van der Waals surface area contributed by atoms with Gasteiger partial charge in [0.05, 0.1) is 13.2 Å². The summed E-state index contributed by atoms with van der Waals surface area (Å²) in [7, 11) is -3.44. The summed E-state index contributed by atoms with van der Waals surface area (Å²) in [5.41, 5.74) is 5.20. The van der Waals surface area contributed by atoms with Crippen LogP contribution in [0.2, 0.25) is 0 Å². The van der Waals surface area contributed by atoms with Gasteiger partial charge in [0.15, 0.2) is 5.96 Å². The molecule has 0 rings (SSSR count). The van der Waals surface area contributed by atoms with Crippen LogP contribution < -0.4 is 5.73 Å². The van der Waals surface area contributed by atoms with Gasteiger partial charge >= 0.3 is 13.6 Å². The van der Waals surface area contributed by atoms with Gasteiger partial charge in [0.25, 0.3) is 0 Å². The van der Waals surface area contributed by atoms with Crippen molar-refractivity contribution < 1.29 is 23.5 Å². The fourth-order valence-electron chi connectivity index (χ4n) is 1.10. The number of carbonyl (C=O) groups is 1. The number of carboxylic acids is 1. The normalized spacial score (nSPS) is 11.2. The molecule has 0 radical (unpaired) electrons. The van der Waals surface area contributed by atoms with Gasteiger partial charge in [0.2, 0.25) is 0 Å². The van der Waals surface area contributed by atoms with Crippen LogP contribution in [-0.4, -0.2) is 48.0 Å². The third-order valence-corrected chi connectivity index (χ3v) is 3.65. The molecule has 9 heteroatoms. The van der Waals surface area contributed by atoms with Gasteiger partial charge < -0.3 is 24.8 Å². The fraction of sp³-hybridized carbons (Fsp3) is 0.750. The molecule has 4 N–H and O–H groups in total. The van der Waals surface area contributed by atoms with E-state index in [4.69, 9.17) is 25.3 Å². The van der Waals surface area contributed by atoms with Gasteiger partial charge in [0, 0.05) is 0 Å². The lowest BCUT2D eigenvalue weighted by molar-refractivity contribution is -0.137. The molecule has 0 fully saturated rings. The second kappa shape index (κ2) is 7.26. The minimum Gasteiger partial charge on any atom is -0.480 e. The molecule has 100 valence electrons. The minimum absolute atomic E-state index is 0.163. The summed E-state index contributed by atoms with van der Waals surface area (Å²) in [5, 5.41) is 15.8. The Kier molecular flexibility index (Phi) is 6.79. The highest BCUT2D eigenvalue weighted by molar-refractivity contribution is 7.53. The van der Waals surface area contributed by atoms with E-state index >= 15 is 0 Å². The third kappa shape index (κ3) is 6.25. The Morgan fingerprint density at radius 2 is 1.88 bits per heavy atom. The first-order valence-electron chi connectivity index (χ1n) is 5.03. The lowest BCUT2D eigenvalue weighted by Gasteiger charge is -2.25. The fourth-order valence-corrected chi connectivity index (χ4v) is 2.79. The van der Waals surface area contributed by atoms with Crippen molar-refractivity contribution in [2.45, 2.75) is 13.8 Å². The number of nitrogens with zero attached hydrogens (tertiary/aromatic N) is 1. The summed E-state index contributed by atoms with van der Waals surface area (Å²) in [5.74, 6) is -1.67. The Bertz CT molecular complexity index is 312. The van der Waals surface area contributed by atoms with E-state index in [0.717, 1.165) is 4.90 Å². The lowest BCUT2D eigenvalue weighted by atomic mass is 10.6. The van der Waals surface area contributed by atoms with E-state index in [2.05, 4.69) is 0 Å². The Balaban J connectivity index is 4.73. The molecular formula is C8H18N3O5P. The molecular weight excluding hydrogens is 249 g/mol. The number of rotatable bonds is 8. The topological polar surface area (TPSA) is 126 Å². The van der Waals surface area contributed by atoms with Gasteiger partial charge in [-0.05, 0) is 13.8 Å². The lowest BCUT2D eigenvalue weighted by Crippen LogP contribution is -2.40. The van der Waals surface area contributed by atoms with E-state index < -0.39 is 26.1 Å². The molecule has 0 bridgehead atoms. The van der Waals surface area contributed by atoms with Crippen molar-refractivity contribution in [3.05, 3.63) is 0 Å². The van der Waals surface area contributed by atoms with Crippen molar-refractivity contribution in [3.63, 3.8) is 0 Å². The molecule has 0 heterocycles. The third-order valence-electron chi connectivity index (χ3n) is 1.66. The Morgan fingerprint density at radius 1 is 1.41 bits per heavy atom. The van der Waals surface area contributed by atoms with Crippen LogP contribution in [0, 0.1) is 5.41 Å². The summed E-state index contributed by atoms with van der Waals surface area (Å²) in [6.07, 6.45) is -0.351. The van der Waals surface area contributed by atoms with E-state index in [1.54, 1.807) is 13.8 Å². The van der Waals surface area contributed by atoms with Crippen LogP contribution in [0.25, 0.3) is 0 Å². The van der Waals surface area contributed by atoms with Gasteiger partial charge in [-0.2, -0.15) is 0 Å². The number of aliphatic carboxylic acids is 1. The average Bonchev–Trinajstić information content (AvgIpc) is 2.16. The zero-order valence-corrected chi connectivity index (χ0v) is 10.8. The van der Waals surface area contributed by atoms with Crippen LogP contribution >= 0.6 is 7.60 Å². The molecule has 0 aliphatic rings. The molecule has 0 saturated carbocycles. The smallest absolute Gasteiger partial charge is 0.349 e. The number of nitrogens with two attached hydrogens (primary N) is 1. The molecule has 17 heavy (non-hydrogen) atoms. The van der Waals surface area contributed by atoms with E-state index in [0.29, 0.717) is 0 Å². The first kappa shape index (κ1) is 15.9. The van der Waals surface area contributed by atoms with Crippen molar-refractivity contribution in [1.82, 2.24) is 4.90 Å². The van der Waals surface area contributed by atoms with E-state index in [1.165, 1.54) is 0 Å². The minimum atomic E-state index is -3.44. The summed E-state index contributed by atoms with van der Waals surface area (Å²) in [4.78, 5) is 11.5. The van der Waals surface area contributed by atoms with Crippen molar-refractivity contribution >= 4 is 19.5 Å². The first-order valence-corrected chi connectivity index (χ1v) is 6.76. The highest BCUT2D eigenvalue weighted by Crippen LogP contribution is 2.48. The van der Waals surface area contributed by atoms with Crippen molar-refractivity contribution in [1.29, 1.82) is 5.41 Å². The molecule has 0 atom stereocenters. The molecule has 0 aliphatic heterocycles. The standard InChI is InChI=1S/C8H18N3O5P/c1-3-15-17(14,16-4-2)6-11(8(9)10)5-7(12)13/h3-6H2,1-2H3,(H3,9,10)(H,12,13). The van der Waals surface area contributed by atoms with Crippen molar-refractivity contribution in [2.75, 3.05) is 26.0 Å². The zero-order chi connectivity index (χ0) is 13.5. The molecule has 0 saturated heterocycles. The predicted octanol–water partition coefficient (Wildman–Crippen LogP) is 0.490. The zero-order valence-electron chi connectivity index (χ0n) is 9.88. The predicted molar refractivity (Wildman–Crippen MR) is 62.0 cm³/mol. The van der Waals surface area contributed by atoms with Crippen LogP contribution in [0.4, 0.5) is 0 Å². The molecule has 8 nitrogen and oxygen atoms in total. The maximum Gasteiger partial charge on any atom is 0.349 e. The van der Waals surface area contributed by atoms with E-state index in [1.807, 2.05) is 0 Å². The number of guanidine groups is 1. The van der Waals surface area contributed by atoms with Gasteiger partial charge in [0.1, 0.15) is 12.8 Å². The monoisotopic (exact) mass is 267 g/mol. The molecule has 0 aromatic rings. The van der Waals surface area contributed by atoms with Crippen LogP contribution in [0.3, 0.4) is 0 Å². The van der Waals surface area contributed by atoms with Gasteiger partial charge in [-0.15, -0.1) is 0 Å². The molecule has 0 unspecified atom stereocenters. The van der Waals surface area contributed by atoms with Crippen LogP contribution in [-0.2, 0) is 18.4 Å². The van der Waals surface area contributed by atoms with Gasteiger partial charge in [-0.1, -0.05) is 0 Å². The second-order valence-electron chi connectivity index (χ2n) is 3.06. The highest BCUT2D eigenvalue weighted by atomic mass is 31.2. The van der Waals surface area contributed by atoms with Gasteiger partial charge in [-0.3, -0.25) is 14.8 Å². The molecule has 0 spiro atoms. The molecule has 0 aliphatic carbocycles. The van der Waals surface area contributed by atoms with Crippen LogP contribution in [0.15, 0.2) is 0 Å². The van der Waals surface area contributed by atoms with Crippen molar-refractivity contribution in [3.8, 4) is 0 Å². The molecule has 0 aromatic heterocycles. The highest BCUT2D eigenvalue weighted by Gasteiger charge is 2.28. The van der Waals surface area contributed by atoms with Crippen LogP contribution in [0.1, 0.15) is 13.8 Å². The maximum absolute atomic E-state index is 12.1. The summed E-state index contributed by atoms with van der Waals surface area (Å²) in [6.45, 7) is 3.08. The SMILES string of the molecule is CCOP(=O)(CN(CC(=O)O)C(=N)N)OCC. The largest absolute Gasteiger partial charge is 0.480 e. The Labute approximate surface area is 99.7 Å².